The lowest BCUT2D eigenvalue weighted by molar-refractivity contribution is -0.128. The average molecular weight is 285 g/mol. The summed E-state index contributed by atoms with van der Waals surface area (Å²) in [5.41, 5.74) is 2.05. The lowest BCUT2D eigenvalue weighted by Crippen LogP contribution is -2.38. The Hall–Kier alpha value is -2.30. The Kier molecular flexibility index (Phi) is 3.64. The first-order chi connectivity index (χ1) is 10.1. The predicted octanol–water partition coefficient (Wildman–Crippen LogP) is 1.45. The summed E-state index contributed by atoms with van der Waals surface area (Å²) in [6.45, 7) is 2.92. The summed E-state index contributed by atoms with van der Waals surface area (Å²) in [6.07, 6.45) is 3.08. The van der Waals surface area contributed by atoms with Crippen molar-refractivity contribution in [1.29, 1.82) is 0 Å². The number of rotatable bonds is 3. The van der Waals surface area contributed by atoms with Gasteiger partial charge in [0.25, 0.3) is 0 Å². The fourth-order valence-corrected chi connectivity index (χ4v) is 2.89. The number of carbonyl (C=O) groups is 2. The number of aromatic nitrogens is 1. The van der Waals surface area contributed by atoms with Crippen LogP contribution in [0.15, 0.2) is 30.5 Å². The number of benzene rings is 1. The van der Waals surface area contributed by atoms with Gasteiger partial charge in [0, 0.05) is 43.2 Å². The van der Waals surface area contributed by atoms with Gasteiger partial charge in [0.05, 0.1) is 6.42 Å². The van der Waals surface area contributed by atoms with Gasteiger partial charge in [0.2, 0.25) is 11.8 Å². The molecular formula is C16H19N3O2. The molecule has 2 heterocycles. The maximum absolute atomic E-state index is 12.2. The van der Waals surface area contributed by atoms with Crippen molar-refractivity contribution in [3.05, 3.63) is 36.0 Å². The molecule has 1 aromatic heterocycles. The molecule has 5 nitrogen and oxygen atoms in total. The SMILES string of the molecule is CC(=O)N1CCC(NC(=O)Cc2c[nH]c3ccccc23)C1. The predicted molar refractivity (Wildman–Crippen MR) is 80.8 cm³/mol. The third-order valence-corrected chi connectivity index (χ3v) is 4.02. The van der Waals surface area contributed by atoms with Crippen molar-refractivity contribution in [2.45, 2.75) is 25.8 Å². The van der Waals surface area contributed by atoms with E-state index in [0.29, 0.717) is 13.0 Å². The topological polar surface area (TPSA) is 65.2 Å². The molecule has 110 valence electrons. The third-order valence-electron chi connectivity index (χ3n) is 4.02. The number of hydrogen-bond acceptors (Lipinski definition) is 2. The van der Waals surface area contributed by atoms with Crippen molar-refractivity contribution in [2.24, 2.45) is 0 Å². The minimum atomic E-state index is 0.00940. The second kappa shape index (κ2) is 5.60. The summed E-state index contributed by atoms with van der Waals surface area (Å²) in [4.78, 5) is 28.4. The molecule has 1 unspecified atom stereocenters. The Morgan fingerprint density at radius 2 is 2.19 bits per heavy atom. The average Bonchev–Trinajstić information content (AvgIpc) is 3.07. The Bertz CT molecular complexity index is 677. The van der Waals surface area contributed by atoms with Crippen molar-refractivity contribution in [3.63, 3.8) is 0 Å². The highest BCUT2D eigenvalue weighted by Crippen LogP contribution is 2.18. The number of amides is 2. The molecule has 1 aliphatic rings. The van der Waals surface area contributed by atoms with Gasteiger partial charge in [-0.3, -0.25) is 9.59 Å². The molecule has 3 rings (SSSR count). The van der Waals surface area contributed by atoms with E-state index < -0.39 is 0 Å². The number of carbonyl (C=O) groups excluding carboxylic acids is 2. The first-order valence-electron chi connectivity index (χ1n) is 7.23. The molecule has 0 spiro atoms. The van der Waals surface area contributed by atoms with E-state index in [9.17, 15) is 9.59 Å². The molecule has 1 fully saturated rings. The van der Waals surface area contributed by atoms with Crippen molar-refractivity contribution in [1.82, 2.24) is 15.2 Å². The minimum absolute atomic E-state index is 0.00940. The summed E-state index contributed by atoms with van der Waals surface area (Å²) < 4.78 is 0. The highest BCUT2D eigenvalue weighted by molar-refractivity contribution is 5.89. The van der Waals surface area contributed by atoms with Gasteiger partial charge in [0.1, 0.15) is 0 Å². The molecule has 0 saturated carbocycles. The Labute approximate surface area is 123 Å². The van der Waals surface area contributed by atoms with Crippen LogP contribution in [0.1, 0.15) is 18.9 Å². The number of nitrogens with one attached hydrogen (secondary N) is 2. The van der Waals surface area contributed by atoms with Crippen LogP contribution < -0.4 is 5.32 Å². The molecular weight excluding hydrogens is 266 g/mol. The van der Waals surface area contributed by atoms with E-state index in [0.717, 1.165) is 29.4 Å². The normalized spacial score (nSPS) is 18.1. The van der Waals surface area contributed by atoms with Crippen LogP contribution in [0.5, 0.6) is 0 Å². The smallest absolute Gasteiger partial charge is 0.224 e. The number of nitrogens with zero attached hydrogens (tertiary/aromatic N) is 1. The number of aromatic amines is 1. The summed E-state index contributed by atoms with van der Waals surface area (Å²) >= 11 is 0. The monoisotopic (exact) mass is 285 g/mol. The first kappa shape index (κ1) is 13.7. The van der Waals surface area contributed by atoms with Crippen molar-refractivity contribution >= 4 is 22.7 Å². The molecule has 2 aromatic rings. The first-order valence-corrected chi connectivity index (χ1v) is 7.23. The molecule has 0 aliphatic carbocycles. The summed E-state index contributed by atoms with van der Waals surface area (Å²) in [7, 11) is 0. The fourth-order valence-electron chi connectivity index (χ4n) is 2.89. The summed E-state index contributed by atoms with van der Waals surface area (Å²) in [5, 5.41) is 4.11. The number of para-hydroxylation sites is 1. The molecule has 1 atom stereocenters. The van der Waals surface area contributed by atoms with Crippen molar-refractivity contribution < 1.29 is 9.59 Å². The van der Waals surface area contributed by atoms with Gasteiger partial charge in [-0.2, -0.15) is 0 Å². The molecule has 1 saturated heterocycles. The van der Waals surface area contributed by atoms with E-state index in [1.807, 2.05) is 30.5 Å². The van der Waals surface area contributed by atoms with Gasteiger partial charge >= 0.3 is 0 Å². The maximum atomic E-state index is 12.2. The van der Waals surface area contributed by atoms with Crippen LogP contribution in [0.2, 0.25) is 0 Å². The third kappa shape index (κ3) is 2.91. The maximum Gasteiger partial charge on any atom is 0.224 e. The summed E-state index contributed by atoms with van der Waals surface area (Å²) in [6, 6.07) is 8.03. The van der Waals surface area contributed by atoms with Gasteiger partial charge in [-0.15, -0.1) is 0 Å². The standard InChI is InChI=1S/C16H19N3O2/c1-11(20)19-7-6-13(10-19)18-16(21)8-12-9-17-15-5-3-2-4-14(12)15/h2-5,9,13,17H,6-8,10H2,1H3,(H,18,21). The van der Waals surface area contributed by atoms with Crippen LogP contribution >= 0.6 is 0 Å². The van der Waals surface area contributed by atoms with Crippen LogP contribution in [-0.2, 0) is 16.0 Å². The molecule has 1 aliphatic heterocycles. The fraction of sp³-hybridized carbons (Fsp3) is 0.375. The molecule has 5 heteroatoms. The molecule has 0 bridgehead atoms. The molecule has 2 amide bonds. The zero-order valence-electron chi connectivity index (χ0n) is 12.1. The van der Waals surface area contributed by atoms with E-state index in [2.05, 4.69) is 10.3 Å². The van der Waals surface area contributed by atoms with Gasteiger partial charge in [-0.25, -0.2) is 0 Å². The molecule has 21 heavy (non-hydrogen) atoms. The van der Waals surface area contributed by atoms with E-state index in [-0.39, 0.29) is 17.9 Å². The molecule has 1 aromatic carbocycles. The van der Waals surface area contributed by atoms with Gasteiger partial charge < -0.3 is 15.2 Å². The number of hydrogen-bond donors (Lipinski definition) is 2. The molecule has 2 N–H and O–H groups in total. The quantitative estimate of drug-likeness (QED) is 0.896. The zero-order chi connectivity index (χ0) is 14.8. The van der Waals surface area contributed by atoms with Crippen LogP contribution in [0.25, 0.3) is 10.9 Å². The number of H-pyrrole nitrogens is 1. The van der Waals surface area contributed by atoms with Crippen molar-refractivity contribution in [2.75, 3.05) is 13.1 Å². The Balaban J connectivity index is 1.61. The van der Waals surface area contributed by atoms with Crippen LogP contribution in [0.3, 0.4) is 0 Å². The lowest BCUT2D eigenvalue weighted by atomic mass is 10.1. The highest BCUT2D eigenvalue weighted by Gasteiger charge is 2.25. The van der Waals surface area contributed by atoms with E-state index in [1.54, 1.807) is 11.8 Å². The van der Waals surface area contributed by atoms with E-state index >= 15 is 0 Å². The zero-order valence-corrected chi connectivity index (χ0v) is 12.1. The number of fused-ring (bicyclic) bond motifs is 1. The van der Waals surface area contributed by atoms with E-state index in [4.69, 9.17) is 0 Å². The number of likely N-dealkylation sites (tertiary alicyclic amines) is 1. The van der Waals surface area contributed by atoms with Gasteiger partial charge in [0.15, 0.2) is 0 Å². The highest BCUT2D eigenvalue weighted by atomic mass is 16.2. The second-order valence-corrected chi connectivity index (χ2v) is 5.55. The largest absolute Gasteiger partial charge is 0.361 e. The Morgan fingerprint density at radius 3 is 2.95 bits per heavy atom. The Morgan fingerprint density at radius 1 is 1.38 bits per heavy atom. The lowest BCUT2D eigenvalue weighted by Gasteiger charge is -2.15. The minimum Gasteiger partial charge on any atom is -0.361 e. The van der Waals surface area contributed by atoms with Gasteiger partial charge in [-0.1, -0.05) is 18.2 Å². The van der Waals surface area contributed by atoms with Crippen LogP contribution in [0.4, 0.5) is 0 Å². The van der Waals surface area contributed by atoms with Crippen LogP contribution in [-0.4, -0.2) is 40.8 Å². The van der Waals surface area contributed by atoms with Crippen LogP contribution in [0, 0.1) is 0 Å². The molecule has 0 radical (unpaired) electrons. The van der Waals surface area contributed by atoms with Crippen molar-refractivity contribution in [3.8, 4) is 0 Å². The van der Waals surface area contributed by atoms with Gasteiger partial charge in [-0.05, 0) is 18.1 Å². The van der Waals surface area contributed by atoms with E-state index in [1.165, 1.54) is 0 Å². The second-order valence-electron chi connectivity index (χ2n) is 5.55. The summed E-state index contributed by atoms with van der Waals surface area (Å²) in [5.74, 6) is 0.0820.